The lowest BCUT2D eigenvalue weighted by Crippen LogP contribution is -2.10. The maximum absolute atomic E-state index is 5.84. The molecule has 0 fully saturated rings. The topological polar surface area (TPSA) is 68.8 Å². The van der Waals surface area contributed by atoms with Crippen LogP contribution in [0.2, 0.25) is 0 Å². The summed E-state index contributed by atoms with van der Waals surface area (Å²) in [6.45, 7) is 7.81. The van der Waals surface area contributed by atoms with Crippen molar-refractivity contribution < 1.29 is 0 Å². The molecule has 5 nitrogen and oxygen atoms in total. The summed E-state index contributed by atoms with van der Waals surface area (Å²) in [5, 5.41) is 7.71. The molecule has 2 aromatic heterocycles. The number of hydrogen-bond acceptors (Lipinski definition) is 4. The lowest BCUT2D eigenvalue weighted by molar-refractivity contribution is 0.573. The molecule has 0 unspecified atom stereocenters. The van der Waals surface area contributed by atoms with Gasteiger partial charge < -0.3 is 11.1 Å². The first-order chi connectivity index (χ1) is 9.06. The Morgan fingerprint density at radius 3 is 2.68 bits per heavy atom. The van der Waals surface area contributed by atoms with Crippen molar-refractivity contribution in [1.29, 1.82) is 0 Å². The minimum absolute atomic E-state index is 0.774. The van der Waals surface area contributed by atoms with E-state index in [1.807, 2.05) is 24.6 Å². The van der Waals surface area contributed by atoms with Crippen LogP contribution in [-0.4, -0.2) is 21.3 Å². The van der Waals surface area contributed by atoms with Gasteiger partial charge in [0.2, 0.25) is 0 Å². The average Bonchev–Trinajstić information content (AvgIpc) is 2.68. The van der Waals surface area contributed by atoms with Gasteiger partial charge in [0, 0.05) is 36.7 Å². The molecule has 0 saturated carbocycles. The molecule has 0 aliphatic carbocycles. The zero-order valence-electron chi connectivity index (χ0n) is 11.8. The second kappa shape index (κ2) is 5.73. The summed E-state index contributed by atoms with van der Waals surface area (Å²) in [4.78, 5) is 4.29. The smallest absolute Gasteiger partial charge is 0.127 e. The molecule has 0 atom stereocenters. The predicted octanol–water partition coefficient (Wildman–Crippen LogP) is 2.29. The van der Waals surface area contributed by atoms with E-state index in [9.17, 15) is 0 Å². The van der Waals surface area contributed by atoms with E-state index in [0.29, 0.717) is 0 Å². The molecule has 0 amide bonds. The van der Waals surface area contributed by atoms with E-state index in [0.717, 1.165) is 42.3 Å². The summed E-state index contributed by atoms with van der Waals surface area (Å²) in [7, 11) is 0. The summed E-state index contributed by atoms with van der Waals surface area (Å²) >= 11 is 0. The predicted molar refractivity (Wildman–Crippen MR) is 78.2 cm³/mol. The van der Waals surface area contributed by atoms with Crippen LogP contribution >= 0.6 is 0 Å². The molecule has 0 saturated heterocycles. The molecule has 5 heteroatoms. The Hall–Kier alpha value is -2.04. The van der Waals surface area contributed by atoms with Gasteiger partial charge in [-0.3, -0.25) is 4.68 Å². The summed E-state index contributed by atoms with van der Waals surface area (Å²) in [5.41, 5.74) is 9.90. The van der Waals surface area contributed by atoms with Gasteiger partial charge >= 0.3 is 0 Å². The molecule has 0 bridgehead atoms. The van der Waals surface area contributed by atoms with Crippen molar-refractivity contribution in [3.05, 3.63) is 35.3 Å². The van der Waals surface area contributed by atoms with E-state index >= 15 is 0 Å². The molecule has 0 aliphatic heterocycles. The Kier molecular flexibility index (Phi) is 4.04. The van der Waals surface area contributed by atoms with Crippen LogP contribution < -0.4 is 11.1 Å². The van der Waals surface area contributed by atoms with E-state index in [4.69, 9.17) is 5.73 Å². The van der Waals surface area contributed by atoms with Crippen molar-refractivity contribution in [3.8, 4) is 0 Å². The molecule has 0 aliphatic rings. The van der Waals surface area contributed by atoms with Crippen molar-refractivity contribution in [2.24, 2.45) is 0 Å². The summed E-state index contributed by atoms with van der Waals surface area (Å²) in [5.74, 6) is 0.830. The van der Waals surface area contributed by atoms with E-state index < -0.39 is 0 Å². The molecular formula is C14H21N5. The fourth-order valence-electron chi connectivity index (χ4n) is 1.98. The third kappa shape index (κ3) is 3.47. The van der Waals surface area contributed by atoms with Gasteiger partial charge in [-0.05, 0) is 38.8 Å². The first kappa shape index (κ1) is 13.4. The van der Waals surface area contributed by atoms with E-state index in [-0.39, 0.29) is 0 Å². The van der Waals surface area contributed by atoms with Gasteiger partial charge in [0.1, 0.15) is 5.82 Å². The fourth-order valence-corrected chi connectivity index (χ4v) is 1.98. The molecule has 3 N–H and O–H groups in total. The summed E-state index contributed by atoms with van der Waals surface area (Å²) in [6, 6.07) is 3.97. The van der Waals surface area contributed by atoms with Crippen molar-refractivity contribution in [3.63, 3.8) is 0 Å². The molecular weight excluding hydrogens is 238 g/mol. The second-order valence-electron chi connectivity index (χ2n) is 4.86. The maximum Gasteiger partial charge on any atom is 0.127 e. The van der Waals surface area contributed by atoms with Gasteiger partial charge in [-0.2, -0.15) is 5.10 Å². The Morgan fingerprint density at radius 1 is 1.26 bits per heavy atom. The van der Waals surface area contributed by atoms with Gasteiger partial charge in [0.05, 0.1) is 5.69 Å². The number of aromatic nitrogens is 3. The SMILES string of the molecule is Cc1cc(C)n(CCCNc2cc(N)c(C)cn2)n1. The Morgan fingerprint density at radius 2 is 2.05 bits per heavy atom. The van der Waals surface area contributed by atoms with Gasteiger partial charge in [0.15, 0.2) is 0 Å². The van der Waals surface area contributed by atoms with Crippen LogP contribution in [0.5, 0.6) is 0 Å². The van der Waals surface area contributed by atoms with Crippen LogP contribution in [-0.2, 0) is 6.54 Å². The zero-order chi connectivity index (χ0) is 13.8. The van der Waals surface area contributed by atoms with E-state index in [1.165, 1.54) is 5.69 Å². The van der Waals surface area contributed by atoms with Crippen LogP contribution in [0.3, 0.4) is 0 Å². The molecule has 0 radical (unpaired) electrons. The molecule has 19 heavy (non-hydrogen) atoms. The lowest BCUT2D eigenvalue weighted by Gasteiger charge is -2.08. The van der Waals surface area contributed by atoms with Crippen LogP contribution in [0, 0.1) is 20.8 Å². The highest BCUT2D eigenvalue weighted by Gasteiger charge is 2.01. The van der Waals surface area contributed by atoms with Gasteiger partial charge in [-0.25, -0.2) is 4.98 Å². The van der Waals surface area contributed by atoms with E-state index in [1.54, 1.807) is 6.20 Å². The molecule has 2 aromatic rings. The first-order valence-electron chi connectivity index (χ1n) is 6.53. The van der Waals surface area contributed by atoms with Gasteiger partial charge in [-0.15, -0.1) is 0 Å². The number of rotatable bonds is 5. The number of anilines is 2. The largest absolute Gasteiger partial charge is 0.398 e. The molecule has 2 heterocycles. The van der Waals surface area contributed by atoms with Crippen molar-refractivity contribution in [2.45, 2.75) is 33.7 Å². The van der Waals surface area contributed by atoms with Crippen LogP contribution in [0.4, 0.5) is 11.5 Å². The Balaban J connectivity index is 1.80. The zero-order valence-corrected chi connectivity index (χ0v) is 11.8. The molecule has 0 spiro atoms. The minimum Gasteiger partial charge on any atom is -0.398 e. The summed E-state index contributed by atoms with van der Waals surface area (Å²) in [6.07, 6.45) is 2.79. The van der Waals surface area contributed by atoms with E-state index in [2.05, 4.69) is 28.4 Å². The number of hydrogen-bond donors (Lipinski definition) is 2. The number of nitrogens with zero attached hydrogens (tertiary/aromatic N) is 3. The van der Waals surface area contributed by atoms with Crippen molar-refractivity contribution in [2.75, 3.05) is 17.6 Å². The lowest BCUT2D eigenvalue weighted by atomic mass is 10.2. The highest BCUT2D eigenvalue weighted by atomic mass is 15.3. The van der Waals surface area contributed by atoms with Crippen molar-refractivity contribution >= 4 is 11.5 Å². The fraction of sp³-hybridized carbons (Fsp3) is 0.429. The van der Waals surface area contributed by atoms with Gasteiger partial charge in [-0.1, -0.05) is 0 Å². The number of pyridine rings is 1. The third-order valence-electron chi connectivity index (χ3n) is 3.10. The normalized spacial score (nSPS) is 10.7. The van der Waals surface area contributed by atoms with Crippen LogP contribution in [0.1, 0.15) is 23.4 Å². The first-order valence-corrected chi connectivity index (χ1v) is 6.53. The standard InChI is InChI=1S/C14H21N5/c1-10-9-17-14(8-13(10)15)16-5-4-6-19-12(3)7-11(2)18-19/h7-9H,4-6H2,1-3H3,(H3,15,16,17). The average molecular weight is 259 g/mol. The van der Waals surface area contributed by atoms with Gasteiger partial charge in [0.25, 0.3) is 0 Å². The second-order valence-corrected chi connectivity index (χ2v) is 4.86. The number of nitrogen functional groups attached to an aromatic ring is 1. The van der Waals surface area contributed by atoms with Crippen molar-refractivity contribution in [1.82, 2.24) is 14.8 Å². The molecule has 0 aromatic carbocycles. The Bertz CT molecular complexity index is 559. The minimum atomic E-state index is 0.774. The van der Waals surface area contributed by atoms with Crippen LogP contribution in [0.15, 0.2) is 18.3 Å². The Labute approximate surface area is 113 Å². The highest BCUT2D eigenvalue weighted by Crippen LogP contribution is 2.13. The number of nitrogens with one attached hydrogen (secondary N) is 1. The maximum atomic E-state index is 5.84. The molecule has 102 valence electrons. The van der Waals surface area contributed by atoms with Crippen LogP contribution in [0.25, 0.3) is 0 Å². The monoisotopic (exact) mass is 259 g/mol. The number of nitrogens with two attached hydrogens (primary N) is 1. The molecule has 2 rings (SSSR count). The highest BCUT2D eigenvalue weighted by molar-refractivity contribution is 5.53. The summed E-state index contributed by atoms with van der Waals surface area (Å²) < 4.78 is 2.04. The quantitative estimate of drug-likeness (QED) is 0.808. The third-order valence-corrected chi connectivity index (χ3v) is 3.10. The number of aryl methyl sites for hydroxylation is 4.